The second kappa shape index (κ2) is 6.76. The molecule has 27 heavy (non-hydrogen) atoms. The van der Waals surface area contributed by atoms with Crippen molar-refractivity contribution in [3.63, 3.8) is 0 Å². The smallest absolute Gasteiger partial charge is 0.291 e. The fourth-order valence-corrected chi connectivity index (χ4v) is 2.80. The molecule has 2 heterocycles. The van der Waals surface area contributed by atoms with Gasteiger partial charge in [-0.05, 0) is 42.0 Å². The Hall–Kier alpha value is -3.93. The van der Waals surface area contributed by atoms with E-state index in [-0.39, 0.29) is 29.1 Å². The molecular formula is C21H14N2O4. The van der Waals surface area contributed by atoms with E-state index in [1.54, 1.807) is 66.7 Å². The second-order valence-corrected chi connectivity index (χ2v) is 5.94. The third-order valence-electron chi connectivity index (χ3n) is 4.13. The van der Waals surface area contributed by atoms with Crippen molar-refractivity contribution in [1.82, 2.24) is 5.32 Å². The molecule has 0 radical (unpaired) electrons. The van der Waals surface area contributed by atoms with Crippen molar-refractivity contribution in [3.8, 4) is 0 Å². The molecule has 2 amide bonds. The maximum atomic E-state index is 12.6. The first kappa shape index (κ1) is 16.5. The van der Waals surface area contributed by atoms with E-state index >= 15 is 0 Å². The highest BCUT2D eigenvalue weighted by Crippen LogP contribution is 2.21. The third kappa shape index (κ3) is 3.28. The van der Waals surface area contributed by atoms with E-state index < -0.39 is 0 Å². The zero-order valence-corrected chi connectivity index (χ0v) is 14.1. The van der Waals surface area contributed by atoms with E-state index in [2.05, 4.69) is 10.6 Å². The van der Waals surface area contributed by atoms with Crippen molar-refractivity contribution in [2.45, 2.75) is 0 Å². The molecule has 4 rings (SSSR count). The highest BCUT2D eigenvalue weighted by atomic mass is 16.3. The fraction of sp³-hybridized carbons (Fsp3) is 0. The van der Waals surface area contributed by atoms with Crippen LogP contribution in [0.15, 0.2) is 77.0 Å². The molecule has 2 aromatic carbocycles. The van der Waals surface area contributed by atoms with Gasteiger partial charge < -0.3 is 15.1 Å². The number of Topliss-reactive ketones (excluding diaryl/α,β-unsaturated/α-hetero) is 1. The van der Waals surface area contributed by atoms with E-state index in [4.69, 9.17) is 4.42 Å². The van der Waals surface area contributed by atoms with Crippen molar-refractivity contribution in [1.29, 1.82) is 0 Å². The van der Waals surface area contributed by atoms with Crippen molar-refractivity contribution in [2.24, 2.45) is 0 Å². The Labute approximate surface area is 154 Å². The van der Waals surface area contributed by atoms with Crippen molar-refractivity contribution in [2.75, 3.05) is 5.32 Å². The highest BCUT2D eigenvalue weighted by Gasteiger charge is 2.26. The molecule has 0 fully saturated rings. The summed E-state index contributed by atoms with van der Waals surface area (Å²) in [4.78, 5) is 36.7. The van der Waals surface area contributed by atoms with E-state index in [1.165, 1.54) is 6.26 Å². The lowest BCUT2D eigenvalue weighted by Gasteiger charge is -2.17. The number of hydrogen-bond donors (Lipinski definition) is 2. The van der Waals surface area contributed by atoms with Crippen LogP contribution >= 0.6 is 0 Å². The number of amides is 2. The van der Waals surface area contributed by atoms with Crippen molar-refractivity contribution in [3.05, 3.63) is 95.1 Å². The molecule has 0 atom stereocenters. The Kier molecular flexibility index (Phi) is 4.14. The van der Waals surface area contributed by atoms with Crippen LogP contribution in [-0.2, 0) is 0 Å². The van der Waals surface area contributed by atoms with Crippen LogP contribution in [0.1, 0.15) is 36.8 Å². The molecule has 0 aliphatic carbocycles. The molecule has 6 heteroatoms. The summed E-state index contributed by atoms with van der Waals surface area (Å²) in [5.41, 5.74) is 2.27. The number of anilines is 1. The third-order valence-corrected chi connectivity index (χ3v) is 4.13. The maximum Gasteiger partial charge on any atom is 0.291 e. The topological polar surface area (TPSA) is 88.4 Å². The summed E-state index contributed by atoms with van der Waals surface area (Å²) in [5, 5.41) is 5.34. The summed E-state index contributed by atoms with van der Waals surface area (Å²) in [6.45, 7) is 0. The number of carbonyl (C=O) groups is 3. The lowest BCUT2D eigenvalue weighted by Crippen LogP contribution is -2.34. The van der Waals surface area contributed by atoms with Crippen LogP contribution in [0.3, 0.4) is 0 Å². The van der Waals surface area contributed by atoms with Crippen LogP contribution in [-0.4, -0.2) is 17.6 Å². The number of benzene rings is 2. The first-order valence-electron chi connectivity index (χ1n) is 8.23. The van der Waals surface area contributed by atoms with Gasteiger partial charge in [-0.2, -0.15) is 0 Å². The molecule has 0 bridgehead atoms. The summed E-state index contributed by atoms with van der Waals surface area (Å²) in [6, 6.07) is 16.8. The number of carbonyl (C=O) groups excluding carboxylic acids is 3. The molecular weight excluding hydrogens is 344 g/mol. The number of allylic oxidation sites excluding steroid dienone is 1. The van der Waals surface area contributed by atoms with Gasteiger partial charge in [0.2, 0.25) is 5.78 Å². The largest absolute Gasteiger partial charge is 0.459 e. The minimum atomic E-state index is -0.350. The highest BCUT2D eigenvalue weighted by molar-refractivity contribution is 6.22. The first-order valence-corrected chi connectivity index (χ1v) is 8.23. The average Bonchev–Trinajstić information content (AvgIpc) is 3.22. The van der Waals surface area contributed by atoms with Gasteiger partial charge in [0.25, 0.3) is 11.8 Å². The quantitative estimate of drug-likeness (QED) is 0.702. The lowest BCUT2D eigenvalue weighted by atomic mass is 9.96. The van der Waals surface area contributed by atoms with E-state index in [9.17, 15) is 14.4 Å². The Morgan fingerprint density at radius 2 is 1.67 bits per heavy atom. The lowest BCUT2D eigenvalue weighted by molar-refractivity contribution is 0.0910. The monoisotopic (exact) mass is 358 g/mol. The van der Waals surface area contributed by atoms with Gasteiger partial charge in [0, 0.05) is 11.3 Å². The van der Waals surface area contributed by atoms with E-state index in [0.29, 0.717) is 22.4 Å². The van der Waals surface area contributed by atoms with Crippen molar-refractivity contribution < 1.29 is 18.8 Å². The predicted octanol–water partition coefficient (Wildman–Crippen LogP) is 3.50. The van der Waals surface area contributed by atoms with Gasteiger partial charge in [0.15, 0.2) is 5.76 Å². The summed E-state index contributed by atoms with van der Waals surface area (Å²) < 4.78 is 5.04. The minimum absolute atomic E-state index is 0.214. The first-order chi connectivity index (χ1) is 13.1. The SMILES string of the molecule is O=C(Nc1ccc(/C=C2\NC(=O)c3ccccc3C2=O)cc1)c1ccco1. The number of ketones is 1. The summed E-state index contributed by atoms with van der Waals surface area (Å²) in [5.74, 6) is -0.674. The average molecular weight is 358 g/mol. The summed E-state index contributed by atoms with van der Waals surface area (Å²) >= 11 is 0. The molecule has 0 saturated carbocycles. The van der Waals surface area contributed by atoms with Crippen LogP contribution < -0.4 is 10.6 Å². The van der Waals surface area contributed by atoms with Crippen molar-refractivity contribution >= 4 is 29.4 Å². The zero-order chi connectivity index (χ0) is 18.8. The van der Waals surface area contributed by atoms with Gasteiger partial charge in [-0.3, -0.25) is 14.4 Å². The van der Waals surface area contributed by atoms with E-state index in [0.717, 1.165) is 0 Å². The van der Waals surface area contributed by atoms with Gasteiger partial charge in [0.05, 0.1) is 17.5 Å². The molecule has 6 nitrogen and oxygen atoms in total. The van der Waals surface area contributed by atoms with Crippen LogP contribution in [0.2, 0.25) is 0 Å². The number of furan rings is 1. The predicted molar refractivity (Wildman–Crippen MR) is 99.3 cm³/mol. The molecule has 132 valence electrons. The second-order valence-electron chi connectivity index (χ2n) is 5.94. The summed E-state index contributed by atoms with van der Waals surface area (Å²) in [7, 11) is 0. The number of fused-ring (bicyclic) bond motifs is 1. The van der Waals surface area contributed by atoms with E-state index in [1.807, 2.05) is 0 Å². The van der Waals surface area contributed by atoms with Gasteiger partial charge >= 0.3 is 0 Å². The minimum Gasteiger partial charge on any atom is -0.459 e. The Morgan fingerprint density at radius 3 is 2.37 bits per heavy atom. The normalized spacial score (nSPS) is 14.6. The maximum absolute atomic E-state index is 12.6. The van der Waals surface area contributed by atoms with Crippen LogP contribution in [0.4, 0.5) is 5.69 Å². The molecule has 0 saturated heterocycles. The molecule has 1 aliphatic rings. The standard InChI is InChI=1S/C21H14N2O4/c24-19-15-4-1-2-5-16(15)20(25)23-17(19)12-13-7-9-14(10-8-13)22-21(26)18-6-3-11-27-18/h1-12H,(H,22,26)(H,23,25)/b17-12-. The molecule has 3 aromatic rings. The Bertz CT molecular complexity index is 1060. The fourth-order valence-electron chi connectivity index (χ4n) is 2.80. The zero-order valence-electron chi connectivity index (χ0n) is 14.1. The molecule has 1 aliphatic heterocycles. The number of hydrogen-bond acceptors (Lipinski definition) is 4. The Balaban J connectivity index is 1.54. The van der Waals surface area contributed by atoms with Gasteiger partial charge in [-0.25, -0.2) is 0 Å². The molecule has 0 unspecified atom stereocenters. The van der Waals surface area contributed by atoms with Gasteiger partial charge in [-0.15, -0.1) is 0 Å². The molecule has 2 N–H and O–H groups in total. The van der Waals surface area contributed by atoms with Gasteiger partial charge in [0.1, 0.15) is 0 Å². The molecule has 0 spiro atoms. The Morgan fingerprint density at radius 1 is 0.926 bits per heavy atom. The number of nitrogens with one attached hydrogen (secondary N) is 2. The van der Waals surface area contributed by atoms with Crippen LogP contribution in [0.5, 0.6) is 0 Å². The number of rotatable bonds is 3. The van der Waals surface area contributed by atoms with Crippen LogP contribution in [0, 0.1) is 0 Å². The summed E-state index contributed by atoms with van der Waals surface area (Å²) in [6.07, 6.45) is 3.03. The van der Waals surface area contributed by atoms with Crippen LogP contribution in [0.25, 0.3) is 6.08 Å². The molecule has 1 aromatic heterocycles. The van der Waals surface area contributed by atoms with Gasteiger partial charge in [-0.1, -0.05) is 30.3 Å².